The second-order valence-corrected chi connectivity index (χ2v) is 6.46. The van der Waals surface area contributed by atoms with Gasteiger partial charge in [-0.25, -0.2) is 4.79 Å². The number of thiophene rings is 1. The average molecular weight is 336 g/mol. The summed E-state index contributed by atoms with van der Waals surface area (Å²) in [6.07, 6.45) is 0.152. The van der Waals surface area contributed by atoms with Crippen molar-refractivity contribution >= 4 is 28.2 Å². The summed E-state index contributed by atoms with van der Waals surface area (Å²) in [6.45, 7) is 9.37. The Morgan fingerprint density at radius 1 is 1.26 bits per heavy atom. The lowest BCUT2D eigenvalue weighted by Gasteiger charge is -2.07. The van der Waals surface area contributed by atoms with Crippen molar-refractivity contribution in [2.75, 3.05) is 11.9 Å². The lowest BCUT2D eigenvalue weighted by atomic mass is 10.1. The first kappa shape index (κ1) is 17.2. The molecule has 0 spiro atoms. The summed E-state index contributed by atoms with van der Waals surface area (Å²) < 4.78 is 10.1. The number of anilines is 1. The normalized spacial score (nSPS) is 10.7. The van der Waals surface area contributed by atoms with E-state index in [1.165, 1.54) is 11.3 Å². The molecular formula is C16H20N2O4S. The van der Waals surface area contributed by atoms with Gasteiger partial charge >= 0.3 is 5.97 Å². The number of carbonyl (C=O) groups excluding carboxylic acids is 2. The molecule has 6 nitrogen and oxygen atoms in total. The fourth-order valence-electron chi connectivity index (χ4n) is 2.25. The number of rotatable bonds is 5. The SMILES string of the molecule is CCOC(=O)c1c(NC(=O)Cc2c(C)noc2C)sc(C)c1C. The molecule has 0 fully saturated rings. The number of ether oxygens (including phenoxy) is 1. The van der Waals surface area contributed by atoms with Gasteiger partial charge in [0.15, 0.2) is 0 Å². The topological polar surface area (TPSA) is 81.4 Å². The molecule has 0 saturated heterocycles. The maximum Gasteiger partial charge on any atom is 0.341 e. The van der Waals surface area contributed by atoms with Crippen LogP contribution in [0.5, 0.6) is 0 Å². The lowest BCUT2D eigenvalue weighted by molar-refractivity contribution is -0.115. The van der Waals surface area contributed by atoms with Crippen LogP contribution in [-0.2, 0) is 16.0 Å². The second kappa shape index (κ2) is 6.95. The highest BCUT2D eigenvalue weighted by atomic mass is 32.1. The van der Waals surface area contributed by atoms with Gasteiger partial charge in [0, 0.05) is 10.4 Å². The molecule has 0 bridgehead atoms. The van der Waals surface area contributed by atoms with Crippen molar-refractivity contribution in [1.82, 2.24) is 5.16 Å². The molecule has 0 radical (unpaired) electrons. The number of aryl methyl sites for hydroxylation is 3. The maximum atomic E-state index is 12.3. The van der Waals surface area contributed by atoms with Crippen LogP contribution in [0.15, 0.2) is 4.52 Å². The van der Waals surface area contributed by atoms with Crippen molar-refractivity contribution in [1.29, 1.82) is 0 Å². The fourth-order valence-corrected chi connectivity index (χ4v) is 3.31. The van der Waals surface area contributed by atoms with E-state index in [0.29, 0.717) is 28.6 Å². The first-order valence-corrected chi connectivity index (χ1v) is 8.15. The van der Waals surface area contributed by atoms with Crippen molar-refractivity contribution in [3.05, 3.63) is 33.0 Å². The van der Waals surface area contributed by atoms with E-state index in [2.05, 4.69) is 10.5 Å². The van der Waals surface area contributed by atoms with E-state index in [1.807, 2.05) is 13.8 Å². The molecule has 23 heavy (non-hydrogen) atoms. The minimum Gasteiger partial charge on any atom is -0.462 e. The van der Waals surface area contributed by atoms with Crippen LogP contribution in [0, 0.1) is 27.7 Å². The average Bonchev–Trinajstić information content (AvgIpc) is 2.93. The number of nitrogens with zero attached hydrogens (tertiary/aromatic N) is 1. The molecule has 0 aliphatic carbocycles. The van der Waals surface area contributed by atoms with Gasteiger partial charge < -0.3 is 14.6 Å². The fraction of sp³-hybridized carbons (Fsp3) is 0.438. The minimum atomic E-state index is -0.415. The Morgan fingerprint density at radius 2 is 1.96 bits per heavy atom. The van der Waals surface area contributed by atoms with Crippen LogP contribution in [0.3, 0.4) is 0 Å². The van der Waals surface area contributed by atoms with Gasteiger partial charge in [-0.15, -0.1) is 11.3 Å². The van der Waals surface area contributed by atoms with Gasteiger partial charge in [-0.1, -0.05) is 5.16 Å². The van der Waals surface area contributed by atoms with E-state index in [9.17, 15) is 9.59 Å². The summed E-state index contributed by atoms with van der Waals surface area (Å²) in [5.74, 6) is -0.00463. The molecule has 2 rings (SSSR count). The summed E-state index contributed by atoms with van der Waals surface area (Å²) in [4.78, 5) is 25.4. The van der Waals surface area contributed by atoms with Gasteiger partial charge in [-0.3, -0.25) is 4.79 Å². The van der Waals surface area contributed by atoms with E-state index >= 15 is 0 Å². The number of hydrogen-bond donors (Lipinski definition) is 1. The highest BCUT2D eigenvalue weighted by Crippen LogP contribution is 2.33. The number of hydrogen-bond acceptors (Lipinski definition) is 6. The van der Waals surface area contributed by atoms with Gasteiger partial charge in [-0.2, -0.15) is 0 Å². The Labute approximate surface area is 138 Å². The summed E-state index contributed by atoms with van der Waals surface area (Å²) >= 11 is 1.37. The smallest absolute Gasteiger partial charge is 0.341 e. The lowest BCUT2D eigenvalue weighted by Crippen LogP contribution is -2.17. The van der Waals surface area contributed by atoms with E-state index in [0.717, 1.165) is 16.0 Å². The Balaban J connectivity index is 2.21. The maximum absolute atomic E-state index is 12.3. The highest BCUT2D eigenvalue weighted by Gasteiger charge is 2.23. The van der Waals surface area contributed by atoms with E-state index in [-0.39, 0.29) is 12.3 Å². The van der Waals surface area contributed by atoms with E-state index < -0.39 is 5.97 Å². The van der Waals surface area contributed by atoms with Crippen molar-refractivity contribution in [3.8, 4) is 0 Å². The van der Waals surface area contributed by atoms with Crippen molar-refractivity contribution in [3.63, 3.8) is 0 Å². The minimum absolute atomic E-state index is 0.152. The molecule has 2 heterocycles. The Hall–Kier alpha value is -2.15. The molecule has 7 heteroatoms. The van der Waals surface area contributed by atoms with Gasteiger partial charge in [0.1, 0.15) is 10.8 Å². The predicted octanol–water partition coefficient (Wildman–Crippen LogP) is 3.33. The third kappa shape index (κ3) is 3.61. The standard InChI is InChI=1S/C16H20N2O4S/c1-6-21-16(20)14-8(2)11(5)23-15(14)17-13(19)7-12-9(3)18-22-10(12)4/h6-7H2,1-5H3,(H,17,19). The molecule has 0 atom stereocenters. The van der Waals surface area contributed by atoms with Crippen LogP contribution in [0.2, 0.25) is 0 Å². The second-order valence-electron chi connectivity index (χ2n) is 5.24. The predicted molar refractivity (Wildman–Crippen MR) is 88.1 cm³/mol. The summed E-state index contributed by atoms with van der Waals surface area (Å²) in [7, 11) is 0. The first-order valence-electron chi connectivity index (χ1n) is 7.33. The zero-order valence-electron chi connectivity index (χ0n) is 13.9. The van der Waals surface area contributed by atoms with Crippen LogP contribution in [0.1, 0.15) is 44.7 Å². The van der Waals surface area contributed by atoms with Gasteiger partial charge in [0.25, 0.3) is 0 Å². The van der Waals surface area contributed by atoms with Crippen LogP contribution in [0.4, 0.5) is 5.00 Å². The monoisotopic (exact) mass is 336 g/mol. The summed E-state index contributed by atoms with van der Waals surface area (Å²) in [5.41, 5.74) is 2.73. The largest absolute Gasteiger partial charge is 0.462 e. The van der Waals surface area contributed by atoms with Crippen molar-refractivity contribution < 1.29 is 18.8 Å². The Kier molecular flexibility index (Phi) is 5.20. The van der Waals surface area contributed by atoms with E-state index in [4.69, 9.17) is 9.26 Å². The molecule has 1 amide bonds. The Morgan fingerprint density at radius 3 is 2.52 bits per heavy atom. The van der Waals surface area contributed by atoms with Gasteiger partial charge in [-0.05, 0) is 40.2 Å². The van der Waals surface area contributed by atoms with Crippen LogP contribution < -0.4 is 5.32 Å². The molecular weight excluding hydrogens is 316 g/mol. The molecule has 0 aliphatic heterocycles. The number of amides is 1. The molecule has 0 saturated carbocycles. The third-order valence-electron chi connectivity index (χ3n) is 3.64. The molecule has 1 N–H and O–H groups in total. The summed E-state index contributed by atoms with van der Waals surface area (Å²) in [6, 6.07) is 0. The van der Waals surface area contributed by atoms with E-state index in [1.54, 1.807) is 20.8 Å². The van der Waals surface area contributed by atoms with Crippen molar-refractivity contribution in [2.45, 2.75) is 41.0 Å². The molecule has 0 aromatic carbocycles. The molecule has 2 aromatic heterocycles. The Bertz CT molecular complexity index is 726. The third-order valence-corrected chi connectivity index (χ3v) is 4.76. The number of nitrogens with one attached hydrogen (secondary N) is 1. The van der Waals surface area contributed by atoms with Crippen LogP contribution in [0.25, 0.3) is 0 Å². The number of aromatic nitrogens is 1. The first-order chi connectivity index (χ1) is 10.8. The highest BCUT2D eigenvalue weighted by molar-refractivity contribution is 7.16. The van der Waals surface area contributed by atoms with Crippen molar-refractivity contribution in [2.24, 2.45) is 0 Å². The zero-order valence-corrected chi connectivity index (χ0v) is 14.7. The van der Waals surface area contributed by atoms with Crippen LogP contribution in [-0.4, -0.2) is 23.6 Å². The quantitative estimate of drug-likeness (QED) is 0.847. The molecule has 0 aliphatic rings. The molecule has 124 valence electrons. The number of carbonyl (C=O) groups is 2. The summed E-state index contributed by atoms with van der Waals surface area (Å²) in [5, 5.41) is 7.17. The van der Waals surface area contributed by atoms with Gasteiger partial charge in [0.2, 0.25) is 5.91 Å². The molecule has 0 unspecified atom stereocenters. The molecule has 2 aromatic rings. The zero-order chi connectivity index (χ0) is 17.1. The van der Waals surface area contributed by atoms with Gasteiger partial charge in [0.05, 0.1) is 24.3 Å². The number of esters is 1. The van der Waals surface area contributed by atoms with Crippen LogP contribution >= 0.6 is 11.3 Å².